The molecule has 0 unspecified atom stereocenters. The van der Waals surface area contributed by atoms with Crippen LogP contribution < -0.4 is 20.3 Å². The molecule has 1 heterocycles. The zero-order valence-electron chi connectivity index (χ0n) is 12.4. The number of hydrogen-bond donors (Lipinski definition) is 2. The molecule has 0 aliphatic heterocycles. The van der Waals surface area contributed by atoms with E-state index in [2.05, 4.69) is 10.9 Å². The highest BCUT2D eigenvalue weighted by Gasteiger charge is 2.16. The van der Waals surface area contributed by atoms with Gasteiger partial charge in [-0.25, -0.2) is 0 Å². The maximum Gasteiger partial charge on any atom is 0.273 e. The topological polar surface area (TPSA) is 89.8 Å². The minimum Gasteiger partial charge on any atom is -0.497 e. The van der Waals surface area contributed by atoms with Crippen LogP contribution in [0.1, 0.15) is 26.5 Å². The first-order chi connectivity index (χ1) is 10.6. The van der Waals surface area contributed by atoms with Crippen LogP contribution in [0.4, 0.5) is 0 Å². The van der Waals surface area contributed by atoms with Gasteiger partial charge in [-0.05, 0) is 25.1 Å². The van der Waals surface area contributed by atoms with E-state index in [1.807, 2.05) is 0 Å². The molecular formula is C15H16N2O5. The molecule has 0 fully saturated rings. The van der Waals surface area contributed by atoms with E-state index in [0.29, 0.717) is 22.8 Å². The summed E-state index contributed by atoms with van der Waals surface area (Å²) in [6, 6.07) is 6.27. The lowest BCUT2D eigenvalue weighted by atomic mass is 10.2. The fourth-order valence-corrected chi connectivity index (χ4v) is 1.85. The van der Waals surface area contributed by atoms with Crippen LogP contribution in [-0.2, 0) is 0 Å². The van der Waals surface area contributed by atoms with Gasteiger partial charge in [0.1, 0.15) is 17.3 Å². The summed E-state index contributed by atoms with van der Waals surface area (Å²) in [7, 11) is 2.96. The molecule has 22 heavy (non-hydrogen) atoms. The van der Waals surface area contributed by atoms with Gasteiger partial charge in [0.05, 0.1) is 31.6 Å². The Hall–Kier alpha value is -2.96. The summed E-state index contributed by atoms with van der Waals surface area (Å²) in [6.07, 6.45) is 1.40. The van der Waals surface area contributed by atoms with Gasteiger partial charge in [-0.1, -0.05) is 0 Å². The van der Waals surface area contributed by atoms with Crippen molar-refractivity contribution in [1.29, 1.82) is 0 Å². The monoisotopic (exact) mass is 304 g/mol. The number of methoxy groups -OCH3 is 2. The molecule has 7 heteroatoms. The van der Waals surface area contributed by atoms with Gasteiger partial charge in [0.25, 0.3) is 11.8 Å². The van der Waals surface area contributed by atoms with Gasteiger partial charge >= 0.3 is 0 Å². The normalized spacial score (nSPS) is 9.95. The van der Waals surface area contributed by atoms with Crippen molar-refractivity contribution in [3.8, 4) is 11.5 Å². The summed E-state index contributed by atoms with van der Waals surface area (Å²) in [4.78, 5) is 24.0. The molecule has 1 aromatic carbocycles. The second-order valence-corrected chi connectivity index (χ2v) is 4.36. The standard InChI is InChI=1S/C15H16N2O5/c1-9-11(6-7-22-9)14(18)16-17-15(19)12-5-4-10(20-2)8-13(12)21-3/h4-8H,1-3H3,(H,16,18)(H,17,19). The molecule has 2 aromatic rings. The number of carbonyl (C=O) groups is 2. The molecule has 0 saturated heterocycles. The van der Waals surface area contributed by atoms with Crippen molar-refractivity contribution < 1.29 is 23.5 Å². The highest BCUT2D eigenvalue weighted by molar-refractivity contribution is 6.00. The third-order valence-electron chi connectivity index (χ3n) is 3.05. The molecule has 2 amide bonds. The third-order valence-corrected chi connectivity index (χ3v) is 3.05. The van der Waals surface area contributed by atoms with E-state index in [1.165, 1.54) is 26.5 Å². The number of aryl methyl sites for hydroxylation is 1. The first-order valence-corrected chi connectivity index (χ1v) is 6.43. The van der Waals surface area contributed by atoms with E-state index in [-0.39, 0.29) is 5.56 Å². The fourth-order valence-electron chi connectivity index (χ4n) is 1.85. The molecule has 7 nitrogen and oxygen atoms in total. The Labute approximate surface area is 127 Å². The van der Waals surface area contributed by atoms with Gasteiger partial charge in [0, 0.05) is 6.07 Å². The second kappa shape index (κ2) is 6.66. The van der Waals surface area contributed by atoms with Crippen LogP contribution in [0.5, 0.6) is 11.5 Å². The minimum absolute atomic E-state index is 0.271. The molecule has 1 aromatic heterocycles. The molecule has 0 atom stereocenters. The number of nitrogens with one attached hydrogen (secondary N) is 2. The molecule has 116 valence electrons. The van der Waals surface area contributed by atoms with Crippen molar-refractivity contribution in [1.82, 2.24) is 10.9 Å². The van der Waals surface area contributed by atoms with Crippen LogP contribution in [0.25, 0.3) is 0 Å². The smallest absolute Gasteiger partial charge is 0.273 e. The van der Waals surface area contributed by atoms with E-state index in [9.17, 15) is 9.59 Å². The zero-order valence-corrected chi connectivity index (χ0v) is 12.4. The molecule has 2 rings (SSSR count). The number of hydrazine groups is 1. The van der Waals surface area contributed by atoms with Gasteiger partial charge in [0.2, 0.25) is 0 Å². The Kier molecular flexibility index (Phi) is 4.67. The average molecular weight is 304 g/mol. The Bertz CT molecular complexity index is 693. The predicted molar refractivity (Wildman–Crippen MR) is 77.9 cm³/mol. The van der Waals surface area contributed by atoms with Crippen LogP contribution >= 0.6 is 0 Å². The van der Waals surface area contributed by atoms with Crippen LogP contribution in [0, 0.1) is 6.92 Å². The first-order valence-electron chi connectivity index (χ1n) is 6.43. The molecular weight excluding hydrogens is 288 g/mol. The summed E-state index contributed by atoms with van der Waals surface area (Å²) in [5.74, 6) is 0.395. The summed E-state index contributed by atoms with van der Waals surface area (Å²) in [6.45, 7) is 1.66. The molecule has 2 N–H and O–H groups in total. The maximum absolute atomic E-state index is 12.1. The minimum atomic E-state index is -0.506. The molecule has 0 radical (unpaired) electrons. The Balaban J connectivity index is 2.06. The van der Waals surface area contributed by atoms with Crippen molar-refractivity contribution in [2.75, 3.05) is 14.2 Å². The highest BCUT2D eigenvalue weighted by Crippen LogP contribution is 2.24. The van der Waals surface area contributed by atoms with Gasteiger partial charge < -0.3 is 13.9 Å². The van der Waals surface area contributed by atoms with Gasteiger partial charge in [-0.2, -0.15) is 0 Å². The molecule has 0 bridgehead atoms. The van der Waals surface area contributed by atoms with E-state index in [0.717, 1.165) is 0 Å². The summed E-state index contributed by atoms with van der Waals surface area (Å²) < 4.78 is 15.2. The largest absolute Gasteiger partial charge is 0.497 e. The second-order valence-electron chi connectivity index (χ2n) is 4.36. The number of rotatable bonds is 4. The zero-order chi connectivity index (χ0) is 16.1. The lowest BCUT2D eigenvalue weighted by Crippen LogP contribution is -2.41. The maximum atomic E-state index is 12.1. The number of ether oxygens (including phenoxy) is 2. The van der Waals surface area contributed by atoms with Crippen LogP contribution in [0.2, 0.25) is 0 Å². The number of furan rings is 1. The van der Waals surface area contributed by atoms with Crippen molar-refractivity contribution in [2.24, 2.45) is 0 Å². The van der Waals surface area contributed by atoms with Crippen molar-refractivity contribution in [2.45, 2.75) is 6.92 Å². The number of benzene rings is 1. The third kappa shape index (κ3) is 3.20. The lowest BCUT2D eigenvalue weighted by molar-refractivity contribution is 0.0844. The number of carbonyl (C=O) groups excluding carboxylic acids is 2. The molecule has 0 spiro atoms. The molecule has 0 aliphatic carbocycles. The van der Waals surface area contributed by atoms with Crippen LogP contribution in [-0.4, -0.2) is 26.0 Å². The predicted octanol–water partition coefficient (Wildman–Crippen LogP) is 1.68. The molecule has 0 saturated carbocycles. The van der Waals surface area contributed by atoms with E-state index in [1.54, 1.807) is 25.1 Å². The van der Waals surface area contributed by atoms with Crippen molar-refractivity contribution in [3.05, 3.63) is 47.4 Å². The number of hydrogen-bond acceptors (Lipinski definition) is 5. The Morgan fingerprint density at radius 1 is 1.00 bits per heavy atom. The van der Waals surface area contributed by atoms with Gasteiger partial charge in [0.15, 0.2) is 0 Å². The first kappa shape index (κ1) is 15.4. The summed E-state index contributed by atoms with van der Waals surface area (Å²) >= 11 is 0. The summed E-state index contributed by atoms with van der Waals surface area (Å²) in [5.41, 5.74) is 5.26. The van der Waals surface area contributed by atoms with Crippen LogP contribution in [0.3, 0.4) is 0 Å². The van der Waals surface area contributed by atoms with E-state index >= 15 is 0 Å². The molecule has 0 aliphatic rings. The lowest BCUT2D eigenvalue weighted by Gasteiger charge is -2.11. The fraction of sp³-hybridized carbons (Fsp3) is 0.200. The quantitative estimate of drug-likeness (QED) is 0.839. The van der Waals surface area contributed by atoms with E-state index in [4.69, 9.17) is 13.9 Å². The Morgan fingerprint density at radius 3 is 2.23 bits per heavy atom. The van der Waals surface area contributed by atoms with E-state index < -0.39 is 11.8 Å². The Morgan fingerprint density at radius 2 is 1.68 bits per heavy atom. The van der Waals surface area contributed by atoms with Gasteiger partial charge in [-0.15, -0.1) is 0 Å². The van der Waals surface area contributed by atoms with Crippen molar-refractivity contribution in [3.63, 3.8) is 0 Å². The van der Waals surface area contributed by atoms with Crippen LogP contribution in [0.15, 0.2) is 34.9 Å². The van der Waals surface area contributed by atoms with Gasteiger partial charge in [-0.3, -0.25) is 20.4 Å². The SMILES string of the molecule is COc1ccc(C(=O)NNC(=O)c2ccoc2C)c(OC)c1. The highest BCUT2D eigenvalue weighted by atomic mass is 16.5. The van der Waals surface area contributed by atoms with Crippen molar-refractivity contribution >= 4 is 11.8 Å². The number of amides is 2. The average Bonchev–Trinajstić information content (AvgIpc) is 2.97. The summed E-state index contributed by atoms with van der Waals surface area (Å²) in [5, 5.41) is 0.